The van der Waals surface area contributed by atoms with Gasteiger partial charge in [-0.05, 0) is 18.8 Å². The molecule has 0 N–H and O–H groups in total. The van der Waals surface area contributed by atoms with Gasteiger partial charge in [-0.15, -0.1) is 0 Å². The maximum atomic E-state index is 11.2. The standard InChI is InChI=1S/C9H15NO2/c1-6-3-4-7-9(6)12-5-8(11)10(7)2/h6-7,9H,3-5H2,1-2H3/t6-,7?,9?/m1/s1. The summed E-state index contributed by atoms with van der Waals surface area (Å²) in [7, 11) is 1.89. The number of morpholine rings is 1. The number of likely N-dealkylation sites (N-methyl/N-ethyl adjacent to an activating group) is 1. The van der Waals surface area contributed by atoms with E-state index in [4.69, 9.17) is 4.74 Å². The Kier molecular flexibility index (Phi) is 1.83. The predicted molar refractivity (Wildman–Crippen MR) is 44.7 cm³/mol. The first-order chi connectivity index (χ1) is 5.70. The first-order valence-electron chi connectivity index (χ1n) is 4.57. The summed E-state index contributed by atoms with van der Waals surface area (Å²) in [5, 5.41) is 0. The number of hydrogen-bond donors (Lipinski definition) is 0. The SMILES string of the molecule is C[C@@H]1CCC2C1OCC(=O)N2C. The van der Waals surface area contributed by atoms with Gasteiger partial charge in [-0.25, -0.2) is 0 Å². The molecular formula is C9H15NO2. The molecule has 0 aromatic carbocycles. The van der Waals surface area contributed by atoms with Crippen LogP contribution in [0.4, 0.5) is 0 Å². The van der Waals surface area contributed by atoms with Crippen LogP contribution in [-0.2, 0) is 9.53 Å². The quantitative estimate of drug-likeness (QED) is 0.532. The van der Waals surface area contributed by atoms with Gasteiger partial charge in [-0.3, -0.25) is 4.79 Å². The van der Waals surface area contributed by atoms with Crippen molar-refractivity contribution in [3.8, 4) is 0 Å². The topological polar surface area (TPSA) is 29.5 Å². The third-order valence-electron chi connectivity index (χ3n) is 3.15. The minimum atomic E-state index is 0.130. The molecule has 1 aliphatic heterocycles. The van der Waals surface area contributed by atoms with Gasteiger partial charge in [0.1, 0.15) is 6.61 Å². The Labute approximate surface area is 72.7 Å². The largest absolute Gasteiger partial charge is 0.366 e. The van der Waals surface area contributed by atoms with Gasteiger partial charge in [0.2, 0.25) is 5.91 Å². The number of ether oxygens (including phenoxy) is 1. The number of fused-ring (bicyclic) bond motifs is 1. The molecule has 3 heteroatoms. The summed E-state index contributed by atoms with van der Waals surface area (Å²) in [6.07, 6.45) is 2.59. The van der Waals surface area contributed by atoms with Crippen LogP contribution in [0.1, 0.15) is 19.8 Å². The molecule has 0 bridgehead atoms. The fraction of sp³-hybridized carbons (Fsp3) is 0.889. The van der Waals surface area contributed by atoms with Crippen molar-refractivity contribution in [1.29, 1.82) is 0 Å². The second-order valence-electron chi connectivity index (χ2n) is 3.90. The summed E-state index contributed by atoms with van der Waals surface area (Å²) in [5.74, 6) is 0.746. The molecule has 1 saturated carbocycles. The number of carbonyl (C=O) groups is 1. The highest BCUT2D eigenvalue weighted by atomic mass is 16.5. The molecule has 2 fully saturated rings. The molecule has 3 atom stereocenters. The molecule has 2 aliphatic rings. The summed E-state index contributed by atoms with van der Waals surface area (Å²) in [5.41, 5.74) is 0. The zero-order chi connectivity index (χ0) is 8.72. The van der Waals surface area contributed by atoms with Crippen molar-refractivity contribution in [3.05, 3.63) is 0 Å². The first-order valence-corrected chi connectivity index (χ1v) is 4.57. The molecule has 12 heavy (non-hydrogen) atoms. The lowest BCUT2D eigenvalue weighted by Crippen LogP contribution is -2.51. The third kappa shape index (κ3) is 1.04. The lowest BCUT2D eigenvalue weighted by atomic mass is 10.1. The van der Waals surface area contributed by atoms with E-state index < -0.39 is 0 Å². The van der Waals surface area contributed by atoms with Crippen molar-refractivity contribution in [3.63, 3.8) is 0 Å². The summed E-state index contributed by atoms with van der Waals surface area (Å²) in [4.78, 5) is 13.1. The molecule has 0 aromatic heterocycles. The van der Waals surface area contributed by atoms with Crippen LogP contribution in [0.3, 0.4) is 0 Å². The molecule has 68 valence electrons. The number of nitrogens with zero attached hydrogens (tertiary/aromatic N) is 1. The fourth-order valence-electron chi connectivity index (χ4n) is 2.29. The van der Waals surface area contributed by atoms with Crippen LogP contribution >= 0.6 is 0 Å². The van der Waals surface area contributed by atoms with Gasteiger partial charge in [0.15, 0.2) is 0 Å². The van der Waals surface area contributed by atoms with E-state index in [-0.39, 0.29) is 12.5 Å². The Hall–Kier alpha value is -0.570. The Morgan fingerprint density at radius 1 is 1.50 bits per heavy atom. The Morgan fingerprint density at radius 3 is 3.00 bits per heavy atom. The van der Waals surface area contributed by atoms with Crippen molar-refractivity contribution >= 4 is 5.91 Å². The minimum absolute atomic E-state index is 0.130. The lowest BCUT2D eigenvalue weighted by Gasteiger charge is -2.35. The van der Waals surface area contributed by atoms with E-state index in [0.29, 0.717) is 18.1 Å². The molecule has 2 unspecified atom stereocenters. The molecule has 2 rings (SSSR count). The van der Waals surface area contributed by atoms with Crippen LogP contribution in [0, 0.1) is 5.92 Å². The van der Waals surface area contributed by atoms with Gasteiger partial charge >= 0.3 is 0 Å². The maximum Gasteiger partial charge on any atom is 0.248 e. The van der Waals surface area contributed by atoms with E-state index in [1.54, 1.807) is 0 Å². The molecule has 0 spiro atoms. The van der Waals surface area contributed by atoms with Gasteiger partial charge < -0.3 is 9.64 Å². The lowest BCUT2D eigenvalue weighted by molar-refractivity contribution is -0.153. The van der Waals surface area contributed by atoms with Crippen molar-refractivity contribution < 1.29 is 9.53 Å². The van der Waals surface area contributed by atoms with E-state index >= 15 is 0 Å². The van der Waals surface area contributed by atoms with E-state index in [9.17, 15) is 4.79 Å². The molecule has 1 heterocycles. The normalized spacial score (nSPS) is 41.7. The molecule has 3 nitrogen and oxygen atoms in total. The van der Waals surface area contributed by atoms with Gasteiger partial charge in [0.05, 0.1) is 12.1 Å². The Morgan fingerprint density at radius 2 is 2.25 bits per heavy atom. The second kappa shape index (κ2) is 2.73. The van der Waals surface area contributed by atoms with Gasteiger partial charge in [0, 0.05) is 7.05 Å². The zero-order valence-electron chi connectivity index (χ0n) is 7.62. The number of carbonyl (C=O) groups excluding carboxylic acids is 1. The van der Waals surface area contributed by atoms with Gasteiger partial charge in [-0.1, -0.05) is 6.92 Å². The highest BCUT2D eigenvalue weighted by molar-refractivity contribution is 5.78. The van der Waals surface area contributed by atoms with E-state index in [2.05, 4.69) is 6.92 Å². The highest BCUT2D eigenvalue weighted by Gasteiger charge is 2.41. The zero-order valence-corrected chi connectivity index (χ0v) is 7.62. The number of rotatable bonds is 0. The molecular weight excluding hydrogens is 154 g/mol. The second-order valence-corrected chi connectivity index (χ2v) is 3.90. The van der Waals surface area contributed by atoms with Crippen molar-refractivity contribution in [2.75, 3.05) is 13.7 Å². The van der Waals surface area contributed by atoms with Crippen LogP contribution in [0.15, 0.2) is 0 Å². The number of amides is 1. The van der Waals surface area contributed by atoms with Crippen LogP contribution in [0.2, 0.25) is 0 Å². The van der Waals surface area contributed by atoms with Crippen LogP contribution < -0.4 is 0 Å². The monoisotopic (exact) mass is 169 g/mol. The van der Waals surface area contributed by atoms with Gasteiger partial charge in [0.25, 0.3) is 0 Å². The minimum Gasteiger partial charge on any atom is -0.366 e. The van der Waals surface area contributed by atoms with E-state index in [1.165, 1.54) is 6.42 Å². The van der Waals surface area contributed by atoms with Gasteiger partial charge in [-0.2, -0.15) is 0 Å². The van der Waals surface area contributed by atoms with Crippen LogP contribution in [0.5, 0.6) is 0 Å². The third-order valence-corrected chi connectivity index (χ3v) is 3.15. The van der Waals surface area contributed by atoms with Crippen LogP contribution in [-0.4, -0.2) is 36.6 Å². The van der Waals surface area contributed by atoms with Crippen molar-refractivity contribution in [2.24, 2.45) is 5.92 Å². The Bertz CT molecular complexity index is 205. The van der Waals surface area contributed by atoms with Crippen molar-refractivity contribution in [2.45, 2.75) is 31.9 Å². The molecule has 1 saturated heterocycles. The average molecular weight is 169 g/mol. The van der Waals surface area contributed by atoms with E-state index in [1.807, 2.05) is 11.9 Å². The smallest absolute Gasteiger partial charge is 0.248 e. The predicted octanol–water partition coefficient (Wildman–Crippen LogP) is 0.642. The highest BCUT2D eigenvalue weighted by Crippen LogP contribution is 2.33. The van der Waals surface area contributed by atoms with Crippen LogP contribution in [0.25, 0.3) is 0 Å². The van der Waals surface area contributed by atoms with E-state index in [0.717, 1.165) is 6.42 Å². The average Bonchev–Trinajstić information content (AvgIpc) is 2.41. The molecule has 1 amide bonds. The molecule has 1 aliphatic carbocycles. The Balaban J connectivity index is 2.14. The van der Waals surface area contributed by atoms with Crippen molar-refractivity contribution in [1.82, 2.24) is 4.90 Å². The summed E-state index contributed by atoms with van der Waals surface area (Å²) < 4.78 is 5.51. The molecule has 0 radical (unpaired) electrons. The first kappa shape index (κ1) is 8.05. The summed E-state index contributed by atoms with van der Waals surface area (Å²) in [6.45, 7) is 2.48. The summed E-state index contributed by atoms with van der Waals surface area (Å²) >= 11 is 0. The molecule has 0 aromatic rings. The summed E-state index contributed by atoms with van der Waals surface area (Å²) in [6, 6.07) is 0.348. The number of hydrogen-bond acceptors (Lipinski definition) is 2. The fourth-order valence-corrected chi connectivity index (χ4v) is 2.29. The maximum absolute atomic E-state index is 11.2.